The first kappa shape index (κ1) is 10.7. The van der Waals surface area contributed by atoms with Crippen molar-refractivity contribution in [2.45, 2.75) is 6.42 Å². The monoisotopic (exact) mass is 223 g/mol. The van der Waals surface area contributed by atoms with E-state index in [-0.39, 0.29) is 12.3 Å². The lowest BCUT2D eigenvalue weighted by Crippen LogP contribution is -2.48. The fourth-order valence-corrected chi connectivity index (χ4v) is 1.71. The predicted molar refractivity (Wildman–Crippen MR) is 56.5 cm³/mol. The molecule has 0 aromatic carbocycles. The van der Waals surface area contributed by atoms with Crippen LogP contribution in [-0.4, -0.2) is 41.2 Å². The number of methoxy groups -OCH3 is 1. The van der Waals surface area contributed by atoms with Gasteiger partial charge in [0, 0.05) is 31.3 Å². The highest BCUT2D eigenvalue weighted by molar-refractivity contribution is 5.67. The number of carboxylic acid groups (broad SMARTS) is 1. The number of carboxylic acids is 1. The van der Waals surface area contributed by atoms with E-state index in [1.807, 2.05) is 4.90 Å². The van der Waals surface area contributed by atoms with E-state index in [9.17, 15) is 4.79 Å². The molecule has 1 aromatic heterocycles. The number of aliphatic carboxylic acids is 1. The molecule has 1 fully saturated rings. The van der Waals surface area contributed by atoms with Crippen LogP contribution < -0.4 is 9.64 Å². The van der Waals surface area contributed by atoms with Gasteiger partial charge in [0.1, 0.15) is 0 Å². The van der Waals surface area contributed by atoms with Crippen LogP contribution in [0.2, 0.25) is 0 Å². The van der Waals surface area contributed by atoms with Gasteiger partial charge in [-0.05, 0) is 0 Å². The summed E-state index contributed by atoms with van der Waals surface area (Å²) in [5, 5.41) is 8.62. The lowest BCUT2D eigenvalue weighted by Gasteiger charge is -2.38. The Morgan fingerprint density at radius 2 is 2.44 bits per heavy atom. The molecule has 6 nitrogen and oxygen atoms in total. The van der Waals surface area contributed by atoms with Gasteiger partial charge in [0.25, 0.3) is 0 Å². The molecule has 0 unspecified atom stereocenters. The fraction of sp³-hybridized carbons (Fsp3) is 0.500. The number of hydrogen-bond donors (Lipinski definition) is 1. The van der Waals surface area contributed by atoms with E-state index in [1.54, 1.807) is 19.4 Å². The quantitative estimate of drug-likeness (QED) is 0.796. The molecule has 0 bridgehead atoms. The van der Waals surface area contributed by atoms with Gasteiger partial charge in [-0.1, -0.05) is 0 Å². The minimum absolute atomic E-state index is 0.201. The van der Waals surface area contributed by atoms with Gasteiger partial charge in [-0.25, -0.2) is 4.98 Å². The predicted octanol–water partition coefficient (Wildman–Crippen LogP) is 0.396. The average Bonchev–Trinajstić information content (AvgIpc) is 2.22. The molecule has 16 heavy (non-hydrogen) atoms. The molecule has 2 rings (SSSR count). The normalized spacial score (nSPS) is 15.7. The van der Waals surface area contributed by atoms with Crippen LogP contribution in [0.4, 0.5) is 5.95 Å². The fourth-order valence-electron chi connectivity index (χ4n) is 1.71. The molecule has 0 spiro atoms. The zero-order valence-corrected chi connectivity index (χ0v) is 8.96. The molecule has 0 aliphatic carbocycles. The van der Waals surface area contributed by atoms with Crippen LogP contribution in [0, 0.1) is 5.92 Å². The third-order valence-electron chi connectivity index (χ3n) is 2.53. The smallest absolute Gasteiger partial charge is 0.303 e. The van der Waals surface area contributed by atoms with Crippen molar-refractivity contribution in [1.29, 1.82) is 0 Å². The zero-order valence-electron chi connectivity index (χ0n) is 8.96. The molecular formula is C10H13N3O3. The van der Waals surface area contributed by atoms with Crippen LogP contribution >= 0.6 is 0 Å². The number of carbonyl (C=O) groups is 1. The third kappa shape index (κ3) is 2.21. The van der Waals surface area contributed by atoms with Crippen LogP contribution in [0.5, 0.6) is 5.88 Å². The van der Waals surface area contributed by atoms with Crippen LogP contribution in [0.1, 0.15) is 6.42 Å². The Morgan fingerprint density at radius 3 is 3.06 bits per heavy atom. The maximum absolute atomic E-state index is 10.5. The standard InChI is InChI=1S/C10H13N3O3/c1-16-8-2-3-11-10(12-8)13-5-7(6-13)4-9(14)15/h2-3,7H,4-6H2,1H3,(H,14,15). The van der Waals surface area contributed by atoms with Crippen molar-refractivity contribution < 1.29 is 14.6 Å². The molecule has 0 saturated carbocycles. The number of hydrogen-bond acceptors (Lipinski definition) is 5. The lowest BCUT2D eigenvalue weighted by molar-refractivity contribution is -0.138. The molecule has 1 aromatic rings. The summed E-state index contributed by atoms with van der Waals surface area (Å²) in [6.07, 6.45) is 1.84. The Balaban J connectivity index is 1.93. The summed E-state index contributed by atoms with van der Waals surface area (Å²) in [7, 11) is 1.55. The van der Waals surface area contributed by atoms with Crippen molar-refractivity contribution in [1.82, 2.24) is 9.97 Å². The average molecular weight is 223 g/mol. The van der Waals surface area contributed by atoms with E-state index < -0.39 is 5.97 Å². The topological polar surface area (TPSA) is 75.5 Å². The molecule has 86 valence electrons. The van der Waals surface area contributed by atoms with E-state index in [4.69, 9.17) is 9.84 Å². The molecule has 6 heteroatoms. The maximum Gasteiger partial charge on any atom is 0.303 e. The van der Waals surface area contributed by atoms with E-state index in [1.165, 1.54) is 0 Å². The molecule has 0 atom stereocenters. The minimum atomic E-state index is -0.754. The Bertz CT molecular complexity index is 391. The van der Waals surface area contributed by atoms with E-state index in [2.05, 4.69) is 9.97 Å². The molecule has 1 aliphatic heterocycles. The van der Waals surface area contributed by atoms with Crippen molar-refractivity contribution in [3.05, 3.63) is 12.3 Å². The third-order valence-corrected chi connectivity index (χ3v) is 2.53. The molecule has 0 amide bonds. The van der Waals surface area contributed by atoms with Crippen molar-refractivity contribution >= 4 is 11.9 Å². The van der Waals surface area contributed by atoms with Crippen molar-refractivity contribution in [3.8, 4) is 5.88 Å². The van der Waals surface area contributed by atoms with Gasteiger partial charge in [0.2, 0.25) is 11.8 Å². The van der Waals surface area contributed by atoms with Crippen molar-refractivity contribution in [3.63, 3.8) is 0 Å². The molecule has 0 radical (unpaired) electrons. The van der Waals surface area contributed by atoms with Gasteiger partial charge in [-0.15, -0.1) is 0 Å². The summed E-state index contributed by atoms with van der Waals surface area (Å²) >= 11 is 0. The number of nitrogens with zero attached hydrogens (tertiary/aromatic N) is 3. The van der Waals surface area contributed by atoms with Crippen molar-refractivity contribution in [2.75, 3.05) is 25.1 Å². The molecule has 1 saturated heterocycles. The molecule has 1 N–H and O–H groups in total. The second-order valence-corrected chi connectivity index (χ2v) is 3.77. The zero-order chi connectivity index (χ0) is 11.5. The summed E-state index contributed by atoms with van der Waals surface area (Å²) in [5.74, 6) is 0.566. The Labute approximate surface area is 92.9 Å². The summed E-state index contributed by atoms with van der Waals surface area (Å²) in [6, 6.07) is 1.68. The van der Waals surface area contributed by atoms with Crippen LogP contribution in [0.3, 0.4) is 0 Å². The van der Waals surface area contributed by atoms with Gasteiger partial charge < -0.3 is 14.7 Å². The second-order valence-electron chi connectivity index (χ2n) is 3.77. The minimum Gasteiger partial charge on any atom is -0.481 e. The van der Waals surface area contributed by atoms with Gasteiger partial charge >= 0.3 is 5.97 Å². The number of aromatic nitrogens is 2. The number of anilines is 1. The van der Waals surface area contributed by atoms with Gasteiger partial charge in [0.05, 0.1) is 13.5 Å². The highest BCUT2D eigenvalue weighted by atomic mass is 16.5. The highest BCUT2D eigenvalue weighted by Crippen LogP contribution is 2.24. The summed E-state index contributed by atoms with van der Waals surface area (Å²) < 4.78 is 4.99. The maximum atomic E-state index is 10.5. The van der Waals surface area contributed by atoms with Crippen LogP contribution in [0.15, 0.2) is 12.3 Å². The summed E-state index contributed by atoms with van der Waals surface area (Å²) in [5.41, 5.74) is 0. The lowest BCUT2D eigenvalue weighted by atomic mass is 9.97. The SMILES string of the molecule is COc1ccnc(N2CC(CC(=O)O)C2)n1. The van der Waals surface area contributed by atoms with Crippen molar-refractivity contribution in [2.24, 2.45) is 5.92 Å². The first-order valence-electron chi connectivity index (χ1n) is 5.03. The van der Waals surface area contributed by atoms with E-state index in [0.717, 1.165) is 0 Å². The Hall–Kier alpha value is -1.85. The van der Waals surface area contributed by atoms with Gasteiger partial charge in [-0.3, -0.25) is 4.79 Å². The Kier molecular flexibility index (Phi) is 2.89. The van der Waals surface area contributed by atoms with Gasteiger partial charge in [-0.2, -0.15) is 4.98 Å². The number of rotatable bonds is 4. The number of ether oxygens (including phenoxy) is 1. The van der Waals surface area contributed by atoms with Crippen LogP contribution in [-0.2, 0) is 4.79 Å². The Morgan fingerprint density at radius 1 is 1.69 bits per heavy atom. The van der Waals surface area contributed by atoms with Gasteiger partial charge in [0.15, 0.2) is 0 Å². The van der Waals surface area contributed by atoms with E-state index >= 15 is 0 Å². The molecule has 2 heterocycles. The molecular weight excluding hydrogens is 210 g/mol. The largest absolute Gasteiger partial charge is 0.481 e. The summed E-state index contributed by atoms with van der Waals surface area (Å²) in [6.45, 7) is 1.39. The van der Waals surface area contributed by atoms with Crippen LogP contribution in [0.25, 0.3) is 0 Å². The second kappa shape index (κ2) is 4.34. The highest BCUT2D eigenvalue weighted by Gasteiger charge is 2.30. The summed E-state index contributed by atoms with van der Waals surface area (Å²) in [4.78, 5) is 20.7. The van der Waals surface area contributed by atoms with E-state index in [0.29, 0.717) is 24.9 Å². The first-order valence-corrected chi connectivity index (χ1v) is 5.03. The molecule has 1 aliphatic rings. The first-order chi connectivity index (χ1) is 7.69.